The SMILES string of the molecule is CCN1CCN(C(=O)c2ccc(Cl)c(S(=O)(=O)N(C)C)c2)CC1. The van der Waals surface area contributed by atoms with Gasteiger partial charge in [0.05, 0.1) is 5.02 Å². The average Bonchev–Trinajstić information content (AvgIpc) is 2.54. The lowest BCUT2D eigenvalue weighted by Crippen LogP contribution is -2.48. The summed E-state index contributed by atoms with van der Waals surface area (Å²) in [6.07, 6.45) is 0. The normalized spacial score (nSPS) is 16.8. The molecule has 0 radical (unpaired) electrons. The summed E-state index contributed by atoms with van der Waals surface area (Å²) in [4.78, 5) is 16.6. The molecule has 1 aromatic rings. The Balaban J connectivity index is 2.26. The Labute approximate surface area is 142 Å². The van der Waals surface area contributed by atoms with Crippen molar-refractivity contribution in [3.8, 4) is 0 Å². The van der Waals surface area contributed by atoms with E-state index in [0.29, 0.717) is 18.7 Å². The Hall–Kier alpha value is -1.15. The third-order valence-electron chi connectivity index (χ3n) is 4.04. The van der Waals surface area contributed by atoms with Crippen molar-refractivity contribution in [2.24, 2.45) is 0 Å². The summed E-state index contributed by atoms with van der Waals surface area (Å²) in [6, 6.07) is 4.41. The van der Waals surface area contributed by atoms with Crippen LogP contribution >= 0.6 is 11.6 Å². The molecule has 1 amide bonds. The molecule has 1 aliphatic heterocycles. The first kappa shape index (κ1) is 18.2. The molecule has 128 valence electrons. The first-order valence-electron chi connectivity index (χ1n) is 7.51. The molecule has 0 spiro atoms. The van der Waals surface area contributed by atoms with Gasteiger partial charge in [0.1, 0.15) is 4.90 Å². The smallest absolute Gasteiger partial charge is 0.253 e. The monoisotopic (exact) mass is 359 g/mol. The largest absolute Gasteiger partial charge is 0.336 e. The molecule has 0 N–H and O–H groups in total. The fourth-order valence-corrected chi connectivity index (χ4v) is 3.87. The topological polar surface area (TPSA) is 60.9 Å². The van der Waals surface area contributed by atoms with Crippen molar-refractivity contribution in [1.82, 2.24) is 14.1 Å². The molecule has 0 aliphatic carbocycles. The molecule has 23 heavy (non-hydrogen) atoms. The minimum atomic E-state index is -3.68. The number of amides is 1. The second-order valence-corrected chi connectivity index (χ2v) is 8.19. The highest BCUT2D eigenvalue weighted by molar-refractivity contribution is 7.89. The van der Waals surface area contributed by atoms with Crippen LogP contribution < -0.4 is 0 Å². The van der Waals surface area contributed by atoms with Crippen LogP contribution in [0.25, 0.3) is 0 Å². The van der Waals surface area contributed by atoms with Crippen LogP contribution in [0.15, 0.2) is 23.1 Å². The van der Waals surface area contributed by atoms with Crippen molar-refractivity contribution in [3.63, 3.8) is 0 Å². The quantitative estimate of drug-likeness (QED) is 0.814. The Kier molecular flexibility index (Phi) is 5.67. The van der Waals surface area contributed by atoms with E-state index in [1.165, 1.54) is 26.2 Å². The number of sulfonamides is 1. The number of hydrogen-bond donors (Lipinski definition) is 0. The molecule has 0 atom stereocenters. The Morgan fingerprint density at radius 2 is 1.83 bits per heavy atom. The van der Waals surface area contributed by atoms with E-state index >= 15 is 0 Å². The number of piperazine rings is 1. The van der Waals surface area contributed by atoms with Crippen molar-refractivity contribution in [2.45, 2.75) is 11.8 Å². The minimum Gasteiger partial charge on any atom is -0.336 e. The third kappa shape index (κ3) is 3.85. The van der Waals surface area contributed by atoms with E-state index in [2.05, 4.69) is 11.8 Å². The fourth-order valence-electron chi connectivity index (χ4n) is 2.48. The van der Waals surface area contributed by atoms with E-state index in [4.69, 9.17) is 11.6 Å². The van der Waals surface area contributed by atoms with Gasteiger partial charge in [-0.3, -0.25) is 4.79 Å². The number of carbonyl (C=O) groups is 1. The second kappa shape index (κ2) is 7.17. The van der Waals surface area contributed by atoms with E-state index in [0.717, 1.165) is 23.9 Å². The predicted octanol–water partition coefficient (Wildman–Crippen LogP) is 1.37. The van der Waals surface area contributed by atoms with Gasteiger partial charge in [0, 0.05) is 45.8 Å². The maximum atomic E-state index is 12.6. The van der Waals surface area contributed by atoms with Crippen molar-refractivity contribution in [1.29, 1.82) is 0 Å². The highest BCUT2D eigenvalue weighted by Gasteiger charge is 2.25. The Bertz CT molecular complexity index is 683. The number of carbonyl (C=O) groups excluding carboxylic acids is 1. The van der Waals surface area contributed by atoms with Crippen LogP contribution in [0.3, 0.4) is 0 Å². The van der Waals surface area contributed by atoms with Crippen LogP contribution in [0.4, 0.5) is 0 Å². The van der Waals surface area contributed by atoms with E-state index in [1.54, 1.807) is 11.0 Å². The Morgan fingerprint density at radius 3 is 2.35 bits per heavy atom. The molecule has 1 aliphatic rings. The highest BCUT2D eigenvalue weighted by atomic mass is 35.5. The molecule has 0 saturated carbocycles. The van der Waals surface area contributed by atoms with Gasteiger partial charge in [-0.25, -0.2) is 12.7 Å². The fraction of sp³-hybridized carbons (Fsp3) is 0.533. The van der Waals surface area contributed by atoms with Crippen LogP contribution in [-0.4, -0.2) is 75.2 Å². The summed E-state index contributed by atoms with van der Waals surface area (Å²) in [5.41, 5.74) is 0.347. The van der Waals surface area contributed by atoms with E-state index in [9.17, 15) is 13.2 Å². The van der Waals surface area contributed by atoms with Crippen LogP contribution in [0, 0.1) is 0 Å². The van der Waals surface area contributed by atoms with Crippen LogP contribution in [-0.2, 0) is 10.0 Å². The van der Waals surface area contributed by atoms with Gasteiger partial charge in [-0.1, -0.05) is 18.5 Å². The molecule has 1 aromatic carbocycles. The summed E-state index contributed by atoms with van der Waals surface area (Å²) in [6.45, 7) is 6.01. The zero-order valence-corrected chi connectivity index (χ0v) is 15.2. The average molecular weight is 360 g/mol. The number of rotatable bonds is 4. The van der Waals surface area contributed by atoms with Gasteiger partial charge >= 0.3 is 0 Å². The van der Waals surface area contributed by atoms with Gasteiger partial charge in [-0.2, -0.15) is 0 Å². The van der Waals surface area contributed by atoms with Crippen LogP contribution in [0.5, 0.6) is 0 Å². The molecule has 1 heterocycles. The van der Waals surface area contributed by atoms with Crippen molar-refractivity contribution < 1.29 is 13.2 Å². The predicted molar refractivity (Wildman–Crippen MR) is 90.3 cm³/mol. The van der Waals surface area contributed by atoms with Crippen LogP contribution in [0.2, 0.25) is 5.02 Å². The maximum absolute atomic E-state index is 12.6. The summed E-state index contributed by atoms with van der Waals surface area (Å²) < 4.78 is 25.7. The van der Waals surface area contributed by atoms with Crippen LogP contribution in [0.1, 0.15) is 17.3 Å². The number of likely N-dealkylation sites (N-methyl/N-ethyl adjacent to an activating group) is 1. The number of hydrogen-bond acceptors (Lipinski definition) is 4. The summed E-state index contributed by atoms with van der Waals surface area (Å²) in [7, 11) is -0.815. The zero-order chi connectivity index (χ0) is 17.2. The highest BCUT2D eigenvalue weighted by Crippen LogP contribution is 2.25. The van der Waals surface area contributed by atoms with Gasteiger partial charge in [0.2, 0.25) is 10.0 Å². The first-order chi connectivity index (χ1) is 10.8. The summed E-state index contributed by atoms with van der Waals surface area (Å²) in [5, 5.41) is 0.117. The van der Waals surface area contributed by atoms with E-state index in [1.807, 2.05) is 0 Å². The maximum Gasteiger partial charge on any atom is 0.253 e. The van der Waals surface area contributed by atoms with Gasteiger partial charge in [-0.15, -0.1) is 0 Å². The van der Waals surface area contributed by atoms with Crippen molar-refractivity contribution in [3.05, 3.63) is 28.8 Å². The van der Waals surface area contributed by atoms with Gasteiger partial charge in [0.25, 0.3) is 5.91 Å². The van der Waals surface area contributed by atoms with Crippen molar-refractivity contribution in [2.75, 3.05) is 46.8 Å². The third-order valence-corrected chi connectivity index (χ3v) is 6.34. The molecular weight excluding hydrogens is 338 g/mol. The number of benzene rings is 1. The molecule has 0 aromatic heterocycles. The second-order valence-electron chi connectivity index (χ2n) is 5.66. The summed E-state index contributed by atoms with van der Waals surface area (Å²) in [5.74, 6) is -0.160. The molecule has 1 fully saturated rings. The lowest BCUT2D eigenvalue weighted by molar-refractivity contribution is 0.0643. The number of halogens is 1. The zero-order valence-electron chi connectivity index (χ0n) is 13.6. The molecular formula is C15H22ClN3O3S. The van der Waals surface area contributed by atoms with E-state index in [-0.39, 0.29) is 15.8 Å². The molecule has 2 rings (SSSR count). The summed E-state index contributed by atoms with van der Waals surface area (Å²) >= 11 is 6.02. The molecule has 8 heteroatoms. The van der Waals surface area contributed by atoms with Gasteiger partial charge in [0.15, 0.2) is 0 Å². The molecule has 0 unspecified atom stereocenters. The Morgan fingerprint density at radius 1 is 1.22 bits per heavy atom. The molecule has 1 saturated heterocycles. The molecule has 6 nitrogen and oxygen atoms in total. The standard InChI is InChI=1S/C15H22ClN3O3S/c1-4-18-7-9-19(10-8-18)15(20)12-5-6-13(16)14(11-12)23(21,22)17(2)3/h5-6,11H,4,7-10H2,1-3H3. The molecule has 0 bridgehead atoms. The van der Waals surface area contributed by atoms with Gasteiger partial charge < -0.3 is 9.80 Å². The van der Waals surface area contributed by atoms with Crippen molar-refractivity contribution >= 4 is 27.5 Å². The van der Waals surface area contributed by atoms with E-state index < -0.39 is 10.0 Å². The lowest BCUT2D eigenvalue weighted by atomic mass is 10.2. The lowest BCUT2D eigenvalue weighted by Gasteiger charge is -2.34. The minimum absolute atomic E-state index is 0.0396. The number of nitrogens with zero attached hydrogens (tertiary/aromatic N) is 3. The van der Waals surface area contributed by atoms with Gasteiger partial charge in [-0.05, 0) is 24.7 Å². The first-order valence-corrected chi connectivity index (χ1v) is 9.33.